The standard InChI is InChI=1S/C27H32N2O6/c1-2-18(11-12-24(30)28-15-17-13-14-34-25(17)26(31)32)29-27(33)35-16-23-21-9-5-3-7-19(21)20-8-4-6-10-22(20)23/h3-10,17-18,23,25H,2,11-16H2,1H3,(H,28,30)(H,29,33)(H,31,32)/t17-,18?,25-/m1/s1. The number of carboxylic acids is 1. The van der Waals surface area contributed by atoms with E-state index in [4.69, 9.17) is 14.6 Å². The van der Waals surface area contributed by atoms with Crippen LogP contribution in [0.2, 0.25) is 0 Å². The molecule has 1 saturated heterocycles. The van der Waals surface area contributed by atoms with Crippen molar-refractivity contribution in [1.82, 2.24) is 10.6 Å². The van der Waals surface area contributed by atoms with Gasteiger partial charge in [0.1, 0.15) is 6.61 Å². The zero-order chi connectivity index (χ0) is 24.8. The van der Waals surface area contributed by atoms with Crippen LogP contribution in [0.15, 0.2) is 48.5 Å². The van der Waals surface area contributed by atoms with Crippen LogP contribution in [0.25, 0.3) is 11.1 Å². The molecule has 1 aliphatic heterocycles. The monoisotopic (exact) mass is 480 g/mol. The van der Waals surface area contributed by atoms with E-state index in [9.17, 15) is 14.4 Å². The van der Waals surface area contributed by atoms with Crippen molar-refractivity contribution in [2.24, 2.45) is 5.92 Å². The smallest absolute Gasteiger partial charge is 0.407 e. The average molecular weight is 481 g/mol. The number of rotatable bonds is 10. The third kappa shape index (κ3) is 5.82. The zero-order valence-electron chi connectivity index (χ0n) is 19.9. The Balaban J connectivity index is 1.23. The Labute approximate surface area is 205 Å². The highest BCUT2D eigenvalue weighted by Crippen LogP contribution is 2.44. The molecule has 1 unspecified atom stereocenters. The van der Waals surface area contributed by atoms with Gasteiger partial charge in [-0.25, -0.2) is 9.59 Å². The molecule has 8 heteroatoms. The number of ether oxygens (including phenoxy) is 2. The summed E-state index contributed by atoms with van der Waals surface area (Å²) in [5, 5.41) is 14.8. The van der Waals surface area contributed by atoms with Gasteiger partial charge in [-0.15, -0.1) is 0 Å². The van der Waals surface area contributed by atoms with Crippen LogP contribution in [0.4, 0.5) is 4.79 Å². The number of aliphatic carboxylic acids is 1. The first kappa shape index (κ1) is 24.7. The first-order chi connectivity index (χ1) is 17.0. The van der Waals surface area contributed by atoms with Crippen LogP contribution in [0.5, 0.6) is 0 Å². The number of fused-ring (bicyclic) bond motifs is 3. The number of hydrogen-bond donors (Lipinski definition) is 3. The second-order valence-corrected chi connectivity index (χ2v) is 9.10. The molecular weight excluding hydrogens is 448 g/mol. The number of carboxylic acid groups (broad SMARTS) is 1. The predicted octanol–water partition coefficient (Wildman–Crippen LogP) is 3.69. The van der Waals surface area contributed by atoms with Crippen LogP contribution in [0.1, 0.15) is 49.7 Å². The van der Waals surface area contributed by atoms with Gasteiger partial charge < -0.3 is 25.2 Å². The molecule has 0 bridgehead atoms. The van der Waals surface area contributed by atoms with E-state index in [-0.39, 0.29) is 43.4 Å². The summed E-state index contributed by atoms with van der Waals surface area (Å²) < 4.78 is 10.8. The quantitative estimate of drug-likeness (QED) is 0.478. The normalized spacial score (nSPS) is 19.5. The largest absolute Gasteiger partial charge is 0.479 e. The van der Waals surface area contributed by atoms with Gasteiger partial charge in [-0.1, -0.05) is 55.5 Å². The third-order valence-electron chi connectivity index (χ3n) is 6.90. The second kappa shape index (κ2) is 11.4. The summed E-state index contributed by atoms with van der Waals surface area (Å²) in [5.41, 5.74) is 4.66. The van der Waals surface area contributed by atoms with E-state index in [2.05, 4.69) is 34.9 Å². The van der Waals surface area contributed by atoms with Crippen LogP contribution < -0.4 is 10.6 Å². The molecule has 3 N–H and O–H groups in total. The van der Waals surface area contributed by atoms with Gasteiger partial charge in [0.2, 0.25) is 5.91 Å². The van der Waals surface area contributed by atoms with Crippen LogP contribution in [-0.4, -0.2) is 55.0 Å². The van der Waals surface area contributed by atoms with Gasteiger partial charge in [-0.3, -0.25) is 4.79 Å². The third-order valence-corrected chi connectivity index (χ3v) is 6.90. The van der Waals surface area contributed by atoms with Gasteiger partial charge in [0.05, 0.1) is 0 Å². The molecule has 3 atom stereocenters. The maximum Gasteiger partial charge on any atom is 0.407 e. The summed E-state index contributed by atoms with van der Waals surface area (Å²) in [6.45, 7) is 2.84. The lowest BCUT2D eigenvalue weighted by atomic mass is 9.98. The molecule has 1 heterocycles. The second-order valence-electron chi connectivity index (χ2n) is 9.10. The maximum atomic E-state index is 12.5. The zero-order valence-corrected chi connectivity index (χ0v) is 19.9. The number of benzene rings is 2. The topological polar surface area (TPSA) is 114 Å². The van der Waals surface area contributed by atoms with E-state index >= 15 is 0 Å². The lowest BCUT2D eigenvalue weighted by Crippen LogP contribution is -2.38. The summed E-state index contributed by atoms with van der Waals surface area (Å²) in [5.74, 6) is -1.40. The van der Waals surface area contributed by atoms with Crippen LogP contribution in [-0.2, 0) is 19.1 Å². The van der Waals surface area contributed by atoms with E-state index in [1.807, 2.05) is 31.2 Å². The fraction of sp³-hybridized carbons (Fsp3) is 0.444. The Bertz CT molecular complexity index is 1030. The minimum Gasteiger partial charge on any atom is -0.479 e. The van der Waals surface area contributed by atoms with Crippen molar-refractivity contribution >= 4 is 18.0 Å². The van der Waals surface area contributed by atoms with Gasteiger partial charge in [-0.05, 0) is 41.5 Å². The van der Waals surface area contributed by atoms with Crippen molar-refractivity contribution in [3.05, 3.63) is 59.7 Å². The minimum atomic E-state index is -1.000. The van der Waals surface area contributed by atoms with Crippen LogP contribution in [0.3, 0.4) is 0 Å². The summed E-state index contributed by atoms with van der Waals surface area (Å²) >= 11 is 0. The van der Waals surface area contributed by atoms with E-state index in [1.54, 1.807) is 0 Å². The van der Waals surface area contributed by atoms with Gasteiger partial charge in [-0.2, -0.15) is 0 Å². The highest BCUT2D eigenvalue weighted by atomic mass is 16.5. The summed E-state index contributed by atoms with van der Waals surface area (Å²) in [7, 11) is 0. The summed E-state index contributed by atoms with van der Waals surface area (Å²) in [6, 6.07) is 16.2. The number of carbonyl (C=O) groups excluding carboxylic acids is 2. The molecule has 186 valence electrons. The molecule has 8 nitrogen and oxygen atoms in total. The maximum absolute atomic E-state index is 12.5. The molecule has 4 rings (SSSR count). The predicted molar refractivity (Wildman–Crippen MR) is 130 cm³/mol. The van der Waals surface area contributed by atoms with E-state index in [0.717, 1.165) is 11.1 Å². The number of hydrogen-bond acceptors (Lipinski definition) is 5. The van der Waals surface area contributed by atoms with E-state index in [0.29, 0.717) is 25.9 Å². The lowest BCUT2D eigenvalue weighted by Gasteiger charge is -2.19. The Kier molecular flexibility index (Phi) is 8.02. The van der Waals surface area contributed by atoms with Crippen molar-refractivity contribution in [1.29, 1.82) is 0 Å². The molecule has 0 radical (unpaired) electrons. The number of amides is 2. The summed E-state index contributed by atoms with van der Waals surface area (Å²) in [4.78, 5) is 36.0. The van der Waals surface area contributed by atoms with Crippen LogP contribution in [0, 0.1) is 5.92 Å². The van der Waals surface area contributed by atoms with Gasteiger partial charge in [0, 0.05) is 37.5 Å². The van der Waals surface area contributed by atoms with Crippen molar-refractivity contribution in [2.75, 3.05) is 19.8 Å². The van der Waals surface area contributed by atoms with Gasteiger partial charge >= 0.3 is 12.1 Å². The molecule has 1 fully saturated rings. The van der Waals surface area contributed by atoms with Gasteiger partial charge in [0.25, 0.3) is 0 Å². The highest BCUT2D eigenvalue weighted by Gasteiger charge is 2.34. The molecule has 2 aromatic rings. The van der Waals surface area contributed by atoms with Gasteiger partial charge in [0.15, 0.2) is 6.10 Å². The molecule has 35 heavy (non-hydrogen) atoms. The molecule has 1 aliphatic carbocycles. The molecule has 2 aliphatic rings. The number of alkyl carbamates (subject to hydrolysis) is 1. The van der Waals surface area contributed by atoms with E-state index < -0.39 is 18.2 Å². The van der Waals surface area contributed by atoms with Crippen LogP contribution >= 0.6 is 0 Å². The van der Waals surface area contributed by atoms with Crippen molar-refractivity contribution in [3.8, 4) is 11.1 Å². The van der Waals surface area contributed by atoms with E-state index in [1.165, 1.54) is 11.1 Å². The fourth-order valence-corrected chi connectivity index (χ4v) is 4.94. The van der Waals surface area contributed by atoms with Crippen molar-refractivity contribution in [3.63, 3.8) is 0 Å². The van der Waals surface area contributed by atoms with Crippen molar-refractivity contribution < 1.29 is 29.0 Å². The van der Waals surface area contributed by atoms with Crippen molar-refractivity contribution in [2.45, 2.75) is 50.7 Å². The Morgan fingerprint density at radius 1 is 1.09 bits per heavy atom. The fourth-order valence-electron chi connectivity index (χ4n) is 4.94. The molecular formula is C27H32N2O6. The molecule has 0 spiro atoms. The molecule has 0 aromatic heterocycles. The molecule has 2 aromatic carbocycles. The average Bonchev–Trinajstić information content (AvgIpc) is 3.47. The number of carbonyl (C=O) groups is 3. The number of nitrogens with one attached hydrogen (secondary N) is 2. The molecule has 0 saturated carbocycles. The lowest BCUT2D eigenvalue weighted by molar-refractivity contribution is -0.149. The molecule has 2 amide bonds. The first-order valence-corrected chi connectivity index (χ1v) is 12.2. The SMILES string of the molecule is CCC(CCC(=O)NC[C@H]1CCO[C@H]1C(=O)O)NC(=O)OCC1c2ccccc2-c2ccccc21. The highest BCUT2D eigenvalue weighted by molar-refractivity contribution is 5.79. The Morgan fingerprint density at radius 2 is 1.74 bits per heavy atom. The minimum absolute atomic E-state index is 0.00630. The Morgan fingerprint density at radius 3 is 2.37 bits per heavy atom. The first-order valence-electron chi connectivity index (χ1n) is 12.2. The summed E-state index contributed by atoms with van der Waals surface area (Å²) in [6.07, 6.45) is 0.608. The Hall–Kier alpha value is -3.39.